The highest BCUT2D eigenvalue weighted by Gasteiger charge is 2.21. The van der Waals surface area contributed by atoms with E-state index in [1.54, 1.807) is 7.11 Å². The van der Waals surface area contributed by atoms with Crippen LogP contribution in [-0.4, -0.2) is 49.7 Å². The number of amides is 1. The van der Waals surface area contributed by atoms with Gasteiger partial charge in [-0.2, -0.15) is 0 Å². The Kier molecular flexibility index (Phi) is 12.7. The molecule has 1 saturated heterocycles. The van der Waals surface area contributed by atoms with Gasteiger partial charge in [0.05, 0.1) is 12.5 Å². The van der Waals surface area contributed by atoms with E-state index in [1.807, 2.05) is 0 Å². The van der Waals surface area contributed by atoms with Gasteiger partial charge in [0.25, 0.3) is 0 Å². The molecule has 0 aliphatic carbocycles. The average molecular weight is 457 g/mol. The third-order valence-corrected chi connectivity index (χ3v) is 4.81. The number of carbonyl (C=O) groups excluding carboxylic acids is 1. The van der Waals surface area contributed by atoms with E-state index in [0.717, 1.165) is 36.9 Å². The molecule has 0 saturated carbocycles. The Balaban J connectivity index is 0.00000288. The molecule has 1 fully saturated rings. The molecule has 8 heteroatoms. The van der Waals surface area contributed by atoms with Crippen molar-refractivity contribution >= 4 is 46.7 Å². The zero-order chi connectivity index (χ0) is 16.7. The van der Waals surface area contributed by atoms with Crippen molar-refractivity contribution in [2.75, 3.05) is 26.7 Å². The van der Waals surface area contributed by atoms with Crippen LogP contribution < -0.4 is 11.1 Å². The van der Waals surface area contributed by atoms with E-state index >= 15 is 0 Å². The van der Waals surface area contributed by atoms with Crippen LogP contribution in [0.5, 0.6) is 0 Å². The van der Waals surface area contributed by atoms with Crippen molar-refractivity contribution < 1.29 is 9.53 Å². The monoisotopic (exact) mass is 455 g/mol. The van der Waals surface area contributed by atoms with Crippen LogP contribution >= 0.6 is 40.7 Å². The summed E-state index contributed by atoms with van der Waals surface area (Å²) in [6.07, 6.45) is 2.13. The largest absolute Gasteiger partial charge is 0.380 e. The maximum atomic E-state index is 12.0. The minimum atomic E-state index is -0.188. The summed E-state index contributed by atoms with van der Waals surface area (Å²) in [5.74, 6) is 0.0358. The number of nitrogens with zero attached hydrogens (tertiary/aromatic N) is 1. The number of methoxy groups -OCH3 is 1. The van der Waals surface area contributed by atoms with Crippen molar-refractivity contribution in [3.8, 4) is 0 Å². The van der Waals surface area contributed by atoms with Gasteiger partial charge in [0.15, 0.2) is 0 Å². The number of likely N-dealkylation sites (tertiary alicyclic amines) is 1. The normalized spacial score (nSPS) is 16.4. The number of halogens is 3. The lowest BCUT2D eigenvalue weighted by atomic mass is 10.0. The average Bonchev–Trinajstić information content (AvgIpc) is 2.56. The Bertz CT molecular complexity index is 493. The number of nitrogens with one attached hydrogen (secondary N) is 1. The fraction of sp³-hybridized carbons (Fsp3) is 0.588. The molecule has 0 aromatic heterocycles. The Hall–Kier alpha value is -0.370. The van der Waals surface area contributed by atoms with E-state index in [0.29, 0.717) is 13.0 Å². The highest BCUT2D eigenvalue weighted by molar-refractivity contribution is 9.10. The quantitative estimate of drug-likeness (QED) is 0.661. The smallest absolute Gasteiger partial charge is 0.222 e. The van der Waals surface area contributed by atoms with Crippen molar-refractivity contribution in [3.05, 3.63) is 34.3 Å². The highest BCUT2D eigenvalue weighted by atomic mass is 79.9. The Morgan fingerprint density at radius 1 is 1.32 bits per heavy atom. The molecular formula is C17H28BrCl2N3O2. The molecule has 1 heterocycles. The lowest BCUT2D eigenvalue weighted by molar-refractivity contribution is -0.124. The molecular weight excluding hydrogens is 429 g/mol. The fourth-order valence-corrected chi connectivity index (χ4v) is 3.10. The van der Waals surface area contributed by atoms with E-state index in [1.165, 1.54) is 5.56 Å². The highest BCUT2D eigenvalue weighted by Crippen LogP contribution is 2.16. The van der Waals surface area contributed by atoms with Gasteiger partial charge in [-0.3, -0.25) is 9.69 Å². The molecule has 1 unspecified atom stereocenters. The first-order valence-corrected chi connectivity index (χ1v) is 8.89. The van der Waals surface area contributed by atoms with Crippen molar-refractivity contribution in [1.82, 2.24) is 10.2 Å². The van der Waals surface area contributed by atoms with Gasteiger partial charge in [0.2, 0.25) is 5.91 Å². The van der Waals surface area contributed by atoms with Crippen LogP contribution in [0, 0.1) is 0 Å². The van der Waals surface area contributed by atoms with Gasteiger partial charge in [-0.1, -0.05) is 28.1 Å². The maximum absolute atomic E-state index is 12.0. The van der Waals surface area contributed by atoms with Gasteiger partial charge in [0.1, 0.15) is 0 Å². The molecule has 1 aliphatic rings. The standard InChI is InChI=1S/C17H26BrN3O2.2ClH/c1-23-16(11-19)10-17(22)20-15-6-8-21(9-7-15)12-13-2-4-14(18)5-3-13;;/h2-5,15-16H,6-12,19H2,1H3,(H,20,22);2*1H. The number of ether oxygens (including phenoxy) is 1. The zero-order valence-corrected chi connectivity index (χ0v) is 17.7. The molecule has 1 aromatic carbocycles. The van der Waals surface area contributed by atoms with E-state index in [9.17, 15) is 4.79 Å². The van der Waals surface area contributed by atoms with Gasteiger partial charge in [-0.25, -0.2) is 0 Å². The van der Waals surface area contributed by atoms with Crippen LogP contribution in [0.15, 0.2) is 28.7 Å². The summed E-state index contributed by atoms with van der Waals surface area (Å²) in [5.41, 5.74) is 6.87. The number of carbonyl (C=O) groups is 1. The summed E-state index contributed by atoms with van der Waals surface area (Å²) in [4.78, 5) is 14.4. The first-order valence-electron chi connectivity index (χ1n) is 8.09. The van der Waals surface area contributed by atoms with Crippen molar-refractivity contribution in [1.29, 1.82) is 0 Å². The topological polar surface area (TPSA) is 67.6 Å². The van der Waals surface area contributed by atoms with Crippen LogP contribution in [0.25, 0.3) is 0 Å². The predicted octanol–water partition coefficient (Wildman–Crippen LogP) is 2.74. The van der Waals surface area contributed by atoms with Crippen LogP contribution in [-0.2, 0) is 16.1 Å². The summed E-state index contributed by atoms with van der Waals surface area (Å²) >= 11 is 3.46. The molecule has 3 N–H and O–H groups in total. The number of benzene rings is 1. The van der Waals surface area contributed by atoms with Gasteiger partial charge in [0, 0.05) is 43.8 Å². The molecule has 0 radical (unpaired) electrons. The second kappa shape index (κ2) is 12.9. The SMILES string of the molecule is COC(CN)CC(=O)NC1CCN(Cc2ccc(Br)cc2)CC1.Cl.Cl. The third-order valence-electron chi connectivity index (χ3n) is 4.28. The van der Waals surface area contributed by atoms with Gasteiger partial charge in [-0.05, 0) is 30.5 Å². The number of nitrogens with two attached hydrogens (primary N) is 1. The number of hydrogen-bond acceptors (Lipinski definition) is 4. The van der Waals surface area contributed by atoms with E-state index < -0.39 is 0 Å². The summed E-state index contributed by atoms with van der Waals surface area (Å²) in [7, 11) is 1.59. The minimum Gasteiger partial charge on any atom is -0.380 e. The summed E-state index contributed by atoms with van der Waals surface area (Å²) in [6, 6.07) is 8.71. The molecule has 1 atom stereocenters. The molecule has 1 aromatic rings. The van der Waals surface area contributed by atoms with Gasteiger partial charge < -0.3 is 15.8 Å². The number of piperidine rings is 1. The molecule has 5 nitrogen and oxygen atoms in total. The Labute approximate surface area is 171 Å². The first-order chi connectivity index (χ1) is 11.1. The van der Waals surface area contributed by atoms with Crippen molar-refractivity contribution in [2.45, 2.75) is 38.0 Å². The van der Waals surface area contributed by atoms with E-state index in [2.05, 4.69) is 50.4 Å². The third kappa shape index (κ3) is 8.71. The van der Waals surface area contributed by atoms with E-state index in [4.69, 9.17) is 10.5 Å². The lowest BCUT2D eigenvalue weighted by Gasteiger charge is -2.32. The van der Waals surface area contributed by atoms with Gasteiger partial charge >= 0.3 is 0 Å². The Morgan fingerprint density at radius 2 is 1.92 bits per heavy atom. The molecule has 1 amide bonds. The predicted molar refractivity (Wildman–Crippen MR) is 110 cm³/mol. The second-order valence-electron chi connectivity index (χ2n) is 6.04. The van der Waals surface area contributed by atoms with Crippen LogP contribution in [0.2, 0.25) is 0 Å². The molecule has 0 spiro atoms. The number of rotatable bonds is 7. The molecule has 144 valence electrons. The molecule has 2 rings (SSSR count). The molecule has 1 aliphatic heterocycles. The Morgan fingerprint density at radius 3 is 2.44 bits per heavy atom. The van der Waals surface area contributed by atoms with E-state index in [-0.39, 0.29) is 42.9 Å². The number of hydrogen-bond donors (Lipinski definition) is 2. The van der Waals surface area contributed by atoms with Gasteiger partial charge in [-0.15, -0.1) is 24.8 Å². The molecule has 25 heavy (non-hydrogen) atoms. The second-order valence-corrected chi connectivity index (χ2v) is 6.96. The summed E-state index contributed by atoms with van der Waals surface area (Å²) in [6.45, 7) is 3.35. The minimum absolute atomic E-state index is 0. The fourth-order valence-electron chi connectivity index (χ4n) is 2.84. The van der Waals surface area contributed by atoms with Crippen LogP contribution in [0.3, 0.4) is 0 Å². The zero-order valence-electron chi connectivity index (χ0n) is 14.4. The van der Waals surface area contributed by atoms with Crippen LogP contribution in [0.1, 0.15) is 24.8 Å². The molecule has 0 bridgehead atoms. The summed E-state index contributed by atoms with van der Waals surface area (Å²) < 4.78 is 6.26. The van der Waals surface area contributed by atoms with Crippen molar-refractivity contribution in [3.63, 3.8) is 0 Å². The lowest BCUT2D eigenvalue weighted by Crippen LogP contribution is -2.45. The maximum Gasteiger partial charge on any atom is 0.222 e. The first kappa shape index (κ1) is 24.6. The van der Waals surface area contributed by atoms with Crippen LogP contribution in [0.4, 0.5) is 0 Å². The van der Waals surface area contributed by atoms with Crippen molar-refractivity contribution in [2.24, 2.45) is 5.73 Å². The summed E-state index contributed by atoms with van der Waals surface area (Å²) in [5, 5.41) is 3.10.